The van der Waals surface area contributed by atoms with Gasteiger partial charge in [0.25, 0.3) is 11.5 Å². The van der Waals surface area contributed by atoms with Crippen LogP contribution in [0.15, 0.2) is 35.1 Å². The summed E-state index contributed by atoms with van der Waals surface area (Å²) < 4.78 is 0. The van der Waals surface area contributed by atoms with E-state index in [9.17, 15) is 19.2 Å². The third-order valence-electron chi connectivity index (χ3n) is 6.29. The first-order chi connectivity index (χ1) is 15.1. The number of H-pyrrole nitrogens is 1. The molecular formula is C24H28N4O4. The average Bonchev–Trinajstić information content (AvgIpc) is 3.16. The van der Waals surface area contributed by atoms with Crippen molar-refractivity contribution < 1.29 is 14.4 Å². The maximum atomic E-state index is 13.0. The summed E-state index contributed by atoms with van der Waals surface area (Å²) in [6, 6.07) is 8.35. The molecule has 32 heavy (non-hydrogen) atoms. The molecule has 2 amide bonds. The number of fused-ring (bicyclic) bond motifs is 1. The van der Waals surface area contributed by atoms with Gasteiger partial charge >= 0.3 is 0 Å². The Bertz CT molecular complexity index is 1150. The summed E-state index contributed by atoms with van der Waals surface area (Å²) in [7, 11) is 0. The molecule has 1 fully saturated rings. The van der Waals surface area contributed by atoms with Gasteiger partial charge in [-0.15, -0.1) is 0 Å². The molecule has 8 nitrogen and oxygen atoms in total. The predicted molar refractivity (Wildman–Crippen MR) is 121 cm³/mol. The maximum absolute atomic E-state index is 13.0. The Morgan fingerprint density at radius 2 is 1.97 bits per heavy atom. The van der Waals surface area contributed by atoms with Crippen molar-refractivity contribution in [1.82, 2.24) is 9.88 Å². The number of carbonyl (C=O) groups excluding carboxylic acids is 3. The van der Waals surface area contributed by atoms with E-state index in [1.807, 2.05) is 30.9 Å². The van der Waals surface area contributed by atoms with Crippen LogP contribution in [-0.2, 0) is 17.8 Å². The quantitative estimate of drug-likeness (QED) is 0.663. The number of benzene rings is 1. The fraction of sp³-hybridized carbons (Fsp3) is 0.417. The molecule has 4 rings (SSSR count). The van der Waals surface area contributed by atoms with Gasteiger partial charge in [0, 0.05) is 29.9 Å². The van der Waals surface area contributed by atoms with Gasteiger partial charge in [-0.05, 0) is 48.9 Å². The summed E-state index contributed by atoms with van der Waals surface area (Å²) >= 11 is 0. The second-order valence-electron chi connectivity index (χ2n) is 9.49. The molecule has 1 aliphatic carbocycles. The van der Waals surface area contributed by atoms with Crippen molar-refractivity contribution in [3.05, 3.63) is 63.1 Å². The number of pyridine rings is 1. The van der Waals surface area contributed by atoms with E-state index in [4.69, 9.17) is 5.73 Å². The monoisotopic (exact) mass is 436 g/mol. The number of para-hydroxylation sites is 1. The first kappa shape index (κ1) is 22.0. The van der Waals surface area contributed by atoms with Crippen molar-refractivity contribution in [1.29, 1.82) is 0 Å². The van der Waals surface area contributed by atoms with Crippen LogP contribution in [0.25, 0.3) is 0 Å². The normalized spacial score (nSPS) is 20.1. The molecule has 1 atom stereocenters. The Morgan fingerprint density at radius 3 is 2.72 bits per heavy atom. The van der Waals surface area contributed by atoms with Gasteiger partial charge in [-0.25, -0.2) is 0 Å². The van der Waals surface area contributed by atoms with Gasteiger partial charge in [0.05, 0.1) is 6.04 Å². The highest BCUT2D eigenvalue weighted by Crippen LogP contribution is 2.33. The van der Waals surface area contributed by atoms with Crippen molar-refractivity contribution >= 4 is 23.3 Å². The van der Waals surface area contributed by atoms with Gasteiger partial charge in [-0.3, -0.25) is 24.1 Å². The molecule has 0 radical (unpaired) electrons. The molecule has 168 valence electrons. The lowest BCUT2D eigenvalue weighted by molar-refractivity contribution is -0.122. The number of hydrogen-bond donors (Lipinski definition) is 3. The molecule has 2 aliphatic rings. The van der Waals surface area contributed by atoms with Crippen LogP contribution < -0.4 is 16.6 Å². The molecule has 2 aromatic rings. The van der Waals surface area contributed by atoms with Gasteiger partial charge in [-0.2, -0.15) is 0 Å². The zero-order valence-electron chi connectivity index (χ0n) is 18.4. The first-order valence-electron chi connectivity index (χ1n) is 10.9. The largest absolute Gasteiger partial charge is 0.368 e. The number of hydrogen-bond acceptors (Lipinski definition) is 5. The molecule has 1 aromatic heterocycles. The van der Waals surface area contributed by atoms with Gasteiger partial charge < -0.3 is 16.0 Å². The second-order valence-corrected chi connectivity index (χ2v) is 9.49. The van der Waals surface area contributed by atoms with Crippen molar-refractivity contribution in [3.8, 4) is 0 Å². The van der Waals surface area contributed by atoms with Crippen molar-refractivity contribution in [2.45, 2.75) is 52.1 Å². The van der Waals surface area contributed by atoms with E-state index in [1.165, 1.54) is 6.07 Å². The van der Waals surface area contributed by atoms with Gasteiger partial charge in [0.1, 0.15) is 5.56 Å². The van der Waals surface area contributed by atoms with Crippen LogP contribution in [0.3, 0.4) is 0 Å². The summed E-state index contributed by atoms with van der Waals surface area (Å²) in [6.45, 7) is 5.16. The number of aromatic nitrogens is 1. The fourth-order valence-electron chi connectivity index (χ4n) is 4.72. The number of likely N-dealkylation sites (tertiary alicyclic amines) is 1. The third-order valence-corrected chi connectivity index (χ3v) is 6.29. The van der Waals surface area contributed by atoms with E-state index in [1.54, 1.807) is 12.1 Å². The summed E-state index contributed by atoms with van der Waals surface area (Å²) in [4.78, 5) is 54.7. The number of aromatic amines is 1. The maximum Gasteiger partial charge on any atom is 0.261 e. The van der Waals surface area contributed by atoms with Crippen LogP contribution >= 0.6 is 0 Å². The summed E-state index contributed by atoms with van der Waals surface area (Å²) in [6.07, 6.45) is 2.55. The molecule has 1 unspecified atom stereocenters. The Kier molecular flexibility index (Phi) is 5.73. The van der Waals surface area contributed by atoms with E-state index in [-0.39, 0.29) is 28.7 Å². The highest BCUT2D eigenvalue weighted by Gasteiger charge is 2.33. The molecule has 8 heteroatoms. The standard InChI is InChI=1S/C24H28N4O4/c1-24(2)11-18-15(20(29)12-24)10-16(23(32)27-18)22(31)26-17-7-4-3-6-14(17)13-28-9-5-8-19(28)21(25)30/h3-4,6-7,10,19H,5,8-9,11-13H2,1-2H3,(H2,25,30)(H,26,31)(H,27,32). The highest BCUT2D eigenvalue weighted by molar-refractivity contribution is 6.07. The smallest absolute Gasteiger partial charge is 0.261 e. The number of nitrogens with one attached hydrogen (secondary N) is 2. The molecule has 4 N–H and O–H groups in total. The molecule has 0 bridgehead atoms. The fourth-order valence-corrected chi connectivity index (χ4v) is 4.72. The van der Waals surface area contributed by atoms with E-state index < -0.39 is 11.5 Å². The number of amides is 2. The number of Topliss-reactive ketones (excluding diaryl/α,β-unsaturated/α-hetero) is 1. The number of rotatable bonds is 5. The van der Waals surface area contributed by atoms with Crippen LogP contribution in [0.1, 0.15) is 65.1 Å². The SMILES string of the molecule is CC1(C)CC(=O)c2cc(C(=O)Nc3ccccc3CN3CCCC3C(N)=O)c(=O)[nH]c2C1. The lowest BCUT2D eigenvalue weighted by atomic mass is 9.75. The zero-order chi connectivity index (χ0) is 23.0. The third kappa shape index (κ3) is 4.36. The number of nitrogens with two attached hydrogens (primary N) is 1. The molecular weight excluding hydrogens is 408 g/mol. The van der Waals surface area contributed by atoms with Gasteiger partial charge in [0.15, 0.2) is 5.78 Å². The number of carbonyl (C=O) groups is 3. The zero-order valence-corrected chi connectivity index (χ0v) is 18.4. The van der Waals surface area contributed by atoms with Crippen molar-refractivity contribution in [3.63, 3.8) is 0 Å². The summed E-state index contributed by atoms with van der Waals surface area (Å²) in [5.41, 5.74) is 7.04. The number of ketones is 1. The topological polar surface area (TPSA) is 125 Å². The van der Waals surface area contributed by atoms with Crippen molar-refractivity contribution in [2.75, 3.05) is 11.9 Å². The van der Waals surface area contributed by atoms with E-state index in [2.05, 4.69) is 10.3 Å². The molecule has 2 heterocycles. The Hall–Kier alpha value is -3.26. The van der Waals surface area contributed by atoms with E-state index >= 15 is 0 Å². The van der Waals surface area contributed by atoms with Gasteiger partial charge in [0.2, 0.25) is 5.91 Å². The minimum absolute atomic E-state index is 0.0755. The van der Waals surface area contributed by atoms with Crippen LogP contribution in [0, 0.1) is 5.41 Å². The van der Waals surface area contributed by atoms with Crippen molar-refractivity contribution in [2.24, 2.45) is 11.1 Å². The Labute approximate surface area is 186 Å². The van der Waals surface area contributed by atoms with E-state index in [0.29, 0.717) is 36.3 Å². The number of nitrogens with zero attached hydrogens (tertiary/aromatic N) is 1. The van der Waals surface area contributed by atoms with Gasteiger partial charge in [-0.1, -0.05) is 32.0 Å². The molecule has 0 saturated carbocycles. The molecule has 1 aromatic carbocycles. The van der Waals surface area contributed by atoms with Crippen LogP contribution in [-0.4, -0.2) is 40.1 Å². The lowest BCUT2D eigenvalue weighted by Gasteiger charge is -2.29. The summed E-state index contributed by atoms with van der Waals surface area (Å²) in [5, 5.41) is 2.81. The minimum atomic E-state index is -0.577. The predicted octanol–water partition coefficient (Wildman–Crippen LogP) is 2.23. The first-order valence-corrected chi connectivity index (χ1v) is 10.9. The highest BCUT2D eigenvalue weighted by atomic mass is 16.2. The Balaban J connectivity index is 1.58. The number of primary amides is 1. The molecule has 0 spiro atoms. The number of anilines is 1. The average molecular weight is 437 g/mol. The lowest BCUT2D eigenvalue weighted by Crippen LogP contribution is -2.39. The van der Waals surface area contributed by atoms with Crippen LogP contribution in [0.2, 0.25) is 0 Å². The van der Waals surface area contributed by atoms with Crippen LogP contribution in [0.5, 0.6) is 0 Å². The minimum Gasteiger partial charge on any atom is -0.368 e. The Morgan fingerprint density at radius 1 is 1.22 bits per heavy atom. The van der Waals surface area contributed by atoms with E-state index in [0.717, 1.165) is 24.9 Å². The molecule has 1 aliphatic heterocycles. The summed E-state index contributed by atoms with van der Waals surface area (Å²) in [5.74, 6) is -1.00. The molecule has 1 saturated heterocycles. The van der Waals surface area contributed by atoms with Crippen LogP contribution in [0.4, 0.5) is 5.69 Å². The second kappa shape index (κ2) is 8.35.